The molecule has 1 atom stereocenters. The Kier molecular flexibility index (Phi) is 7.15. The summed E-state index contributed by atoms with van der Waals surface area (Å²) in [5.74, 6) is 0. The van der Waals surface area contributed by atoms with Gasteiger partial charge in [0.15, 0.2) is 0 Å². The van der Waals surface area contributed by atoms with Gasteiger partial charge in [0.2, 0.25) is 0 Å². The summed E-state index contributed by atoms with van der Waals surface area (Å²) in [6.45, 7) is 6.78. The van der Waals surface area contributed by atoms with Gasteiger partial charge in [-0.15, -0.1) is 0 Å². The predicted molar refractivity (Wildman–Crippen MR) is 61.6 cm³/mol. The minimum atomic E-state index is -0.535. The topological polar surface area (TPSA) is 35.5 Å². The van der Waals surface area contributed by atoms with E-state index in [2.05, 4.69) is 31.2 Å². The number of nitrogens with one attached hydrogen (secondary N) is 1. The lowest BCUT2D eigenvalue weighted by molar-refractivity contribution is 0.0501. The summed E-state index contributed by atoms with van der Waals surface area (Å²) < 4.78 is 0. The minimum absolute atomic E-state index is 0.535. The van der Waals surface area contributed by atoms with E-state index in [0.29, 0.717) is 6.54 Å². The molecule has 0 bridgehead atoms. The van der Waals surface area contributed by atoms with E-state index in [4.69, 9.17) is 0 Å². The Bertz CT molecular complexity index is 135. The highest BCUT2D eigenvalue weighted by atomic mass is 16.3. The molecule has 0 heterocycles. The molecule has 0 rings (SSSR count). The van der Waals surface area contributed by atoms with Crippen LogP contribution in [0.1, 0.15) is 33.1 Å². The van der Waals surface area contributed by atoms with E-state index >= 15 is 0 Å². The maximum atomic E-state index is 9.85. The van der Waals surface area contributed by atoms with Crippen LogP contribution in [0.25, 0.3) is 0 Å². The van der Waals surface area contributed by atoms with Gasteiger partial charge in [-0.3, -0.25) is 0 Å². The molecule has 0 spiro atoms. The van der Waals surface area contributed by atoms with Gasteiger partial charge in [0.05, 0.1) is 5.60 Å². The fourth-order valence-electron chi connectivity index (χ4n) is 1.50. The average Bonchev–Trinajstić information content (AvgIpc) is 2.02. The monoisotopic (exact) mass is 202 g/mol. The number of nitrogens with zero attached hydrogens (tertiary/aromatic N) is 1. The van der Waals surface area contributed by atoms with E-state index in [1.165, 1.54) is 0 Å². The number of hydrogen-bond acceptors (Lipinski definition) is 3. The first-order valence-electron chi connectivity index (χ1n) is 5.56. The summed E-state index contributed by atoms with van der Waals surface area (Å²) in [6.07, 6.45) is 3.04. The molecule has 0 saturated carbocycles. The van der Waals surface area contributed by atoms with Gasteiger partial charge in [0.25, 0.3) is 0 Å². The summed E-state index contributed by atoms with van der Waals surface area (Å²) in [7, 11) is 4.15. The molecule has 86 valence electrons. The van der Waals surface area contributed by atoms with Gasteiger partial charge in [-0.25, -0.2) is 0 Å². The quantitative estimate of drug-likeness (QED) is 0.578. The third-order valence-electron chi connectivity index (χ3n) is 2.25. The van der Waals surface area contributed by atoms with Crippen molar-refractivity contribution in [3.63, 3.8) is 0 Å². The Morgan fingerprint density at radius 1 is 1.36 bits per heavy atom. The maximum absolute atomic E-state index is 9.85. The van der Waals surface area contributed by atoms with Crippen molar-refractivity contribution in [1.82, 2.24) is 10.2 Å². The highest BCUT2D eigenvalue weighted by Crippen LogP contribution is 2.09. The summed E-state index contributed by atoms with van der Waals surface area (Å²) in [5.41, 5.74) is -0.535. The molecule has 2 N–H and O–H groups in total. The summed E-state index contributed by atoms with van der Waals surface area (Å²) in [5, 5.41) is 13.1. The van der Waals surface area contributed by atoms with Gasteiger partial charge < -0.3 is 15.3 Å². The average molecular weight is 202 g/mol. The zero-order valence-corrected chi connectivity index (χ0v) is 10.1. The molecule has 0 aromatic heterocycles. The van der Waals surface area contributed by atoms with Crippen molar-refractivity contribution < 1.29 is 5.11 Å². The first-order valence-corrected chi connectivity index (χ1v) is 5.56. The van der Waals surface area contributed by atoms with Crippen LogP contribution in [-0.4, -0.2) is 49.3 Å². The molecule has 0 fully saturated rings. The molecule has 0 aliphatic rings. The molecule has 0 amide bonds. The van der Waals surface area contributed by atoms with Crippen molar-refractivity contribution in [1.29, 1.82) is 0 Å². The summed E-state index contributed by atoms with van der Waals surface area (Å²) in [6, 6.07) is 0. The first-order chi connectivity index (χ1) is 6.48. The zero-order valence-electron chi connectivity index (χ0n) is 10.1. The van der Waals surface area contributed by atoms with Crippen LogP contribution in [-0.2, 0) is 0 Å². The van der Waals surface area contributed by atoms with Gasteiger partial charge in [0.1, 0.15) is 0 Å². The molecule has 0 aromatic rings. The minimum Gasteiger partial charge on any atom is -0.389 e. The van der Waals surface area contributed by atoms with E-state index in [9.17, 15) is 5.11 Å². The normalized spacial score (nSPS) is 15.9. The van der Waals surface area contributed by atoms with Gasteiger partial charge in [0, 0.05) is 6.54 Å². The molecular formula is C11H26N2O. The molecule has 14 heavy (non-hydrogen) atoms. The van der Waals surface area contributed by atoms with E-state index in [1.54, 1.807) is 0 Å². The second-order valence-electron chi connectivity index (χ2n) is 4.58. The van der Waals surface area contributed by atoms with Crippen LogP contribution in [0.15, 0.2) is 0 Å². The van der Waals surface area contributed by atoms with Gasteiger partial charge in [-0.2, -0.15) is 0 Å². The lowest BCUT2D eigenvalue weighted by Crippen LogP contribution is -2.38. The maximum Gasteiger partial charge on any atom is 0.0743 e. The third kappa shape index (κ3) is 8.48. The molecule has 0 aliphatic heterocycles. The van der Waals surface area contributed by atoms with Crippen LogP contribution in [0.5, 0.6) is 0 Å². The van der Waals surface area contributed by atoms with Crippen molar-refractivity contribution in [2.45, 2.75) is 38.7 Å². The van der Waals surface area contributed by atoms with Crippen LogP contribution in [0, 0.1) is 0 Å². The van der Waals surface area contributed by atoms with Crippen LogP contribution < -0.4 is 5.32 Å². The van der Waals surface area contributed by atoms with E-state index in [1.807, 2.05) is 6.92 Å². The molecule has 0 aromatic carbocycles. The number of rotatable bonds is 8. The fourth-order valence-corrected chi connectivity index (χ4v) is 1.50. The molecule has 0 aliphatic carbocycles. The highest BCUT2D eigenvalue weighted by Gasteiger charge is 2.17. The smallest absolute Gasteiger partial charge is 0.0743 e. The van der Waals surface area contributed by atoms with Crippen molar-refractivity contribution >= 4 is 0 Å². The number of aliphatic hydroxyl groups is 1. The molecule has 0 saturated heterocycles. The Morgan fingerprint density at radius 3 is 2.50 bits per heavy atom. The Labute approximate surface area is 88.5 Å². The lowest BCUT2D eigenvalue weighted by Gasteiger charge is -2.23. The van der Waals surface area contributed by atoms with Gasteiger partial charge in [-0.05, 0) is 47.0 Å². The SMILES string of the molecule is CCCC(C)(O)CNCCCN(C)C. The standard InChI is InChI=1S/C11H26N2O/c1-5-7-11(2,14)10-12-8-6-9-13(3)4/h12,14H,5-10H2,1-4H3. The molecular weight excluding hydrogens is 176 g/mol. The summed E-state index contributed by atoms with van der Waals surface area (Å²) >= 11 is 0. The largest absolute Gasteiger partial charge is 0.389 e. The Balaban J connectivity index is 3.34. The fraction of sp³-hybridized carbons (Fsp3) is 1.00. The van der Waals surface area contributed by atoms with Crippen molar-refractivity contribution in [2.75, 3.05) is 33.7 Å². The van der Waals surface area contributed by atoms with Crippen LogP contribution >= 0.6 is 0 Å². The predicted octanol–water partition coefficient (Wildman–Crippen LogP) is 1.08. The molecule has 3 nitrogen and oxygen atoms in total. The van der Waals surface area contributed by atoms with Crippen LogP contribution in [0.2, 0.25) is 0 Å². The van der Waals surface area contributed by atoms with Crippen molar-refractivity contribution in [3.05, 3.63) is 0 Å². The van der Waals surface area contributed by atoms with E-state index < -0.39 is 5.60 Å². The van der Waals surface area contributed by atoms with Crippen LogP contribution in [0.4, 0.5) is 0 Å². The second-order valence-corrected chi connectivity index (χ2v) is 4.58. The second kappa shape index (κ2) is 7.21. The number of hydrogen-bond donors (Lipinski definition) is 2. The van der Waals surface area contributed by atoms with E-state index in [-0.39, 0.29) is 0 Å². The zero-order chi connectivity index (χ0) is 11.0. The molecule has 3 heteroatoms. The first kappa shape index (κ1) is 13.9. The van der Waals surface area contributed by atoms with Crippen molar-refractivity contribution in [2.24, 2.45) is 0 Å². The highest BCUT2D eigenvalue weighted by molar-refractivity contribution is 4.74. The summed E-state index contributed by atoms with van der Waals surface area (Å²) in [4.78, 5) is 2.17. The van der Waals surface area contributed by atoms with Crippen LogP contribution in [0.3, 0.4) is 0 Å². The third-order valence-corrected chi connectivity index (χ3v) is 2.25. The lowest BCUT2D eigenvalue weighted by atomic mass is 10.0. The van der Waals surface area contributed by atoms with Gasteiger partial charge in [-0.1, -0.05) is 13.3 Å². The Hall–Kier alpha value is -0.120. The molecule has 1 unspecified atom stereocenters. The van der Waals surface area contributed by atoms with Crippen molar-refractivity contribution in [3.8, 4) is 0 Å². The molecule has 0 radical (unpaired) electrons. The Morgan fingerprint density at radius 2 is 2.00 bits per heavy atom. The van der Waals surface area contributed by atoms with Gasteiger partial charge >= 0.3 is 0 Å². The van der Waals surface area contributed by atoms with E-state index in [0.717, 1.165) is 32.4 Å².